The lowest BCUT2D eigenvalue weighted by molar-refractivity contribution is -0.156. The van der Waals surface area contributed by atoms with Crippen molar-refractivity contribution < 1.29 is 80.2 Å². The molecule has 5 N–H and O–H groups in total. The van der Waals surface area contributed by atoms with Crippen LogP contribution in [0.2, 0.25) is 0 Å². The summed E-state index contributed by atoms with van der Waals surface area (Å²) >= 11 is 0. The lowest BCUT2D eigenvalue weighted by atomic mass is 10.1. The second-order valence-electron chi connectivity index (χ2n) is 12.0. The van der Waals surface area contributed by atoms with Gasteiger partial charge in [-0.15, -0.1) is 0 Å². The number of aliphatic hydroxyl groups is 2. The van der Waals surface area contributed by atoms with Crippen LogP contribution in [-0.2, 0) is 42.8 Å². The second kappa shape index (κ2) is 21.2. The van der Waals surface area contributed by atoms with Gasteiger partial charge in [-0.05, 0) is 25.0 Å². The molecule has 2 aliphatic rings. The van der Waals surface area contributed by atoms with E-state index in [9.17, 15) is 56.5 Å². The topological polar surface area (TPSA) is 265 Å². The highest BCUT2D eigenvalue weighted by molar-refractivity contribution is 6.04. The first-order chi connectivity index (χ1) is 26.5. The monoisotopic (exact) mass is 810 g/mol. The normalized spacial score (nSPS) is 24.0. The highest BCUT2D eigenvalue weighted by Crippen LogP contribution is 2.42. The van der Waals surface area contributed by atoms with Crippen LogP contribution >= 0.6 is 0 Å². The van der Waals surface area contributed by atoms with Crippen molar-refractivity contribution in [3.63, 3.8) is 0 Å². The molecule has 3 rings (SSSR count). The van der Waals surface area contributed by atoms with Gasteiger partial charge in [0.25, 0.3) is 0 Å². The molecule has 0 aromatic carbocycles. The third kappa shape index (κ3) is 12.7. The summed E-state index contributed by atoms with van der Waals surface area (Å²) in [6.07, 6.45) is -11.1. The van der Waals surface area contributed by atoms with Gasteiger partial charge in [0.1, 0.15) is 37.1 Å². The number of amidine groups is 1. The largest absolute Gasteiger partial charge is 0.463 e. The zero-order chi connectivity index (χ0) is 41.5. The van der Waals surface area contributed by atoms with Crippen LogP contribution in [0.3, 0.4) is 0 Å². The van der Waals surface area contributed by atoms with Crippen molar-refractivity contribution >= 4 is 42.2 Å². The van der Waals surface area contributed by atoms with E-state index in [-0.39, 0.29) is 31.3 Å². The summed E-state index contributed by atoms with van der Waals surface area (Å²) in [6, 6.07) is 1.01. The molecule has 0 saturated carbocycles. The predicted octanol–water partition coefficient (Wildman–Crippen LogP) is 1.26. The van der Waals surface area contributed by atoms with Crippen molar-refractivity contribution in [1.29, 1.82) is 0 Å². The van der Waals surface area contributed by atoms with E-state index in [0.717, 1.165) is 37.4 Å². The quantitative estimate of drug-likeness (QED) is 0.0250. The number of carbonyl (C=O) groups excluding carboxylic acids is 5. The first-order valence-electron chi connectivity index (χ1n) is 17.2. The Morgan fingerprint density at radius 2 is 1.48 bits per heavy atom. The summed E-state index contributed by atoms with van der Waals surface area (Å²) in [6.45, 7) is 2.10. The molecule has 0 bridgehead atoms. The molecule has 2 fully saturated rings. The number of carbonyl (C=O) groups is 5. The maximum Gasteiger partial charge on any atom is 0.412 e. The van der Waals surface area contributed by atoms with E-state index in [1.165, 1.54) is 0 Å². The van der Waals surface area contributed by atoms with Crippen molar-refractivity contribution in [2.24, 2.45) is 4.99 Å². The van der Waals surface area contributed by atoms with Crippen LogP contribution in [0.1, 0.15) is 58.6 Å². The molecule has 3 amide bonds. The number of alkyl carbamates (subject to hydrolysis) is 1. The summed E-state index contributed by atoms with van der Waals surface area (Å²) in [5, 5.41) is 26.7. The number of nitrogens with zero attached hydrogens (tertiary/aromatic N) is 3. The number of nitrogens with one attached hydrogen (secondary N) is 3. The Kier molecular flexibility index (Phi) is 17.1. The Morgan fingerprint density at radius 3 is 2.05 bits per heavy atom. The molecule has 0 aliphatic carbocycles. The van der Waals surface area contributed by atoms with E-state index in [1.807, 2.05) is 13.8 Å². The van der Waals surface area contributed by atoms with Gasteiger partial charge < -0.3 is 44.0 Å². The van der Waals surface area contributed by atoms with Crippen molar-refractivity contribution in [1.82, 2.24) is 20.2 Å². The number of amides is 3. The predicted molar refractivity (Wildman–Crippen MR) is 179 cm³/mol. The number of halogens is 4. The van der Waals surface area contributed by atoms with E-state index in [2.05, 4.69) is 25.9 Å². The van der Waals surface area contributed by atoms with Crippen molar-refractivity contribution in [2.45, 2.75) is 101 Å². The standard InChI is InChI=1S/C32H42F4N6O14/c1-3-5-13-51-29(49)40-20(38-17-43)9-11-37-26-31(33,34)24(46)18(55-26)15-53-22(44)7-8-23(45)54-16-19-25(47)32(35,36)27(56-19)42-12-10-21(39-28(42)48)41-30(50)52-14-6-4-2/h9-12,17-19,24-27,37,46-47H,3-8,13-16H2,1-2H3,(H,38,40,43,49)(H,39,41,48,50)/b11-9-/t18-,19-,24-,25-,26-,27-/m1/s1. The maximum atomic E-state index is 14.9. The Morgan fingerprint density at radius 1 is 0.911 bits per heavy atom. The van der Waals surface area contributed by atoms with Crippen LogP contribution in [0.5, 0.6) is 0 Å². The lowest BCUT2D eigenvalue weighted by Crippen LogP contribution is -2.45. The van der Waals surface area contributed by atoms with E-state index in [0.29, 0.717) is 17.4 Å². The van der Waals surface area contributed by atoms with Gasteiger partial charge in [-0.25, -0.2) is 14.4 Å². The van der Waals surface area contributed by atoms with Gasteiger partial charge >= 0.3 is 41.7 Å². The Labute approximate surface area is 315 Å². The number of aliphatic hydroxyl groups excluding tert-OH is 2. The minimum Gasteiger partial charge on any atom is -0.463 e. The fraction of sp³-hybridized carbons (Fsp3) is 0.625. The number of alkyl halides is 4. The molecule has 0 spiro atoms. The maximum absolute atomic E-state index is 14.9. The summed E-state index contributed by atoms with van der Waals surface area (Å²) in [5.41, 5.74) is -1.28. The fourth-order valence-electron chi connectivity index (χ4n) is 4.78. The molecule has 6 atom stereocenters. The molecule has 2 aliphatic heterocycles. The molecule has 1 aromatic heterocycles. The van der Waals surface area contributed by atoms with E-state index in [1.54, 1.807) is 0 Å². The van der Waals surface area contributed by atoms with Crippen LogP contribution in [0.15, 0.2) is 34.3 Å². The molecule has 1 aromatic rings. The first kappa shape index (κ1) is 45.2. The number of aliphatic imine (C=N–C) groups is 1. The van der Waals surface area contributed by atoms with Gasteiger partial charge in [0, 0.05) is 12.4 Å². The van der Waals surface area contributed by atoms with Crippen LogP contribution in [0.25, 0.3) is 0 Å². The highest BCUT2D eigenvalue weighted by Gasteiger charge is 2.60. The molecular weight excluding hydrogens is 768 g/mol. The van der Waals surface area contributed by atoms with Crippen LogP contribution in [0.4, 0.5) is 33.0 Å². The second-order valence-corrected chi connectivity index (χ2v) is 12.0. The first-order valence-corrected chi connectivity index (χ1v) is 17.2. The van der Waals surface area contributed by atoms with Gasteiger partial charge in [0.05, 0.1) is 26.1 Å². The number of hydrogen-bond acceptors (Lipinski definition) is 16. The molecule has 2 saturated heterocycles. The van der Waals surface area contributed by atoms with Gasteiger partial charge in [0.15, 0.2) is 18.4 Å². The van der Waals surface area contributed by atoms with Gasteiger partial charge in [0.2, 0.25) is 12.6 Å². The highest BCUT2D eigenvalue weighted by atomic mass is 19.3. The number of unbranched alkanes of at least 4 members (excludes halogenated alkanes) is 2. The molecule has 20 nitrogen and oxygen atoms in total. The number of anilines is 1. The molecule has 0 radical (unpaired) electrons. The lowest BCUT2D eigenvalue weighted by Gasteiger charge is -2.21. The van der Waals surface area contributed by atoms with Crippen LogP contribution < -0.4 is 21.6 Å². The van der Waals surface area contributed by atoms with Crippen LogP contribution in [0, 0.1) is 0 Å². The average Bonchev–Trinajstić information content (AvgIpc) is 3.50. The van der Waals surface area contributed by atoms with Crippen molar-refractivity contribution in [3.05, 3.63) is 35.0 Å². The molecule has 312 valence electrons. The Balaban J connectivity index is 1.44. The van der Waals surface area contributed by atoms with Crippen molar-refractivity contribution in [3.8, 4) is 0 Å². The third-order valence-corrected chi connectivity index (χ3v) is 7.82. The third-order valence-electron chi connectivity index (χ3n) is 7.82. The minimum atomic E-state index is -4.08. The zero-order valence-electron chi connectivity index (χ0n) is 30.1. The van der Waals surface area contributed by atoms with E-state index >= 15 is 0 Å². The zero-order valence-corrected chi connectivity index (χ0v) is 30.1. The van der Waals surface area contributed by atoms with Crippen LogP contribution in [-0.4, -0.2) is 125 Å². The minimum absolute atomic E-state index is 0.0763. The SMILES string of the molecule is CCCCOC(=O)NC(/C=C\N[C@@H]1O[C@H](COC(=O)CCC(=O)OC[C@H]2O[C@@H](n3ccc(NC(=O)OCCCC)nc3=O)C(F)(F)[C@@H]2O)[C@@H](O)C1(F)F)=N/C=O. The number of hydrogen-bond donors (Lipinski definition) is 5. The summed E-state index contributed by atoms with van der Waals surface area (Å²) < 4.78 is 89.1. The number of ether oxygens (including phenoxy) is 6. The molecule has 24 heteroatoms. The fourth-order valence-corrected chi connectivity index (χ4v) is 4.78. The smallest absolute Gasteiger partial charge is 0.412 e. The van der Waals surface area contributed by atoms with E-state index < -0.39 is 105 Å². The Bertz CT molecular complexity index is 1650. The molecule has 3 heterocycles. The summed E-state index contributed by atoms with van der Waals surface area (Å²) in [5.74, 6) is -10.9. The molecular formula is C32H42F4N6O14. The van der Waals surface area contributed by atoms with Crippen molar-refractivity contribution in [2.75, 3.05) is 31.7 Å². The molecule has 0 unspecified atom stereocenters. The number of aromatic nitrogens is 2. The molecule has 56 heavy (non-hydrogen) atoms. The Hall–Kier alpha value is -5.20. The van der Waals surface area contributed by atoms with Gasteiger partial charge in [-0.3, -0.25) is 29.6 Å². The van der Waals surface area contributed by atoms with Gasteiger partial charge in [-0.1, -0.05) is 26.7 Å². The summed E-state index contributed by atoms with van der Waals surface area (Å²) in [4.78, 5) is 78.1. The van der Waals surface area contributed by atoms with Gasteiger partial charge in [-0.2, -0.15) is 27.5 Å². The average molecular weight is 811 g/mol. The number of esters is 2. The van der Waals surface area contributed by atoms with E-state index in [4.69, 9.17) is 28.4 Å². The number of rotatable bonds is 19. The summed E-state index contributed by atoms with van der Waals surface area (Å²) in [7, 11) is 0.